The van der Waals surface area contributed by atoms with Crippen LogP contribution in [0.25, 0.3) is 0 Å². The first-order valence-corrected chi connectivity index (χ1v) is 7.44. The van der Waals surface area contributed by atoms with Crippen molar-refractivity contribution in [3.63, 3.8) is 0 Å². The van der Waals surface area contributed by atoms with Crippen molar-refractivity contribution >= 4 is 10.1 Å². The Labute approximate surface area is 109 Å². The van der Waals surface area contributed by atoms with Crippen LogP contribution < -0.4 is 0 Å². The fourth-order valence-corrected chi connectivity index (χ4v) is 3.42. The van der Waals surface area contributed by atoms with Crippen LogP contribution in [0.3, 0.4) is 0 Å². The van der Waals surface area contributed by atoms with E-state index in [4.69, 9.17) is 0 Å². The highest BCUT2D eigenvalue weighted by atomic mass is 32.2. The van der Waals surface area contributed by atoms with Crippen LogP contribution >= 0.6 is 0 Å². The van der Waals surface area contributed by atoms with Gasteiger partial charge in [-0.3, -0.25) is 4.18 Å². The smallest absolute Gasteiger partial charge is 0.296 e. The van der Waals surface area contributed by atoms with E-state index in [0.717, 1.165) is 30.6 Å². The lowest BCUT2D eigenvalue weighted by atomic mass is 9.97. The first-order valence-electron chi connectivity index (χ1n) is 6.04. The standard InChI is InChI=1S/C13H19NO3S/c1-10-4-5-13(18(15,16)17-3)12(8-10)11-6-7-14(2)9-11/h4-5,8,11H,6-7,9H2,1-3H3. The number of likely N-dealkylation sites (N-methyl/N-ethyl adjacent to an activating group) is 1. The van der Waals surface area contributed by atoms with Gasteiger partial charge < -0.3 is 4.90 Å². The van der Waals surface area contributed by atoms with E-state index in [1.807, 2.05) is 19.1 Å². The van der Waals surface area contributed by atoms with Crippen LogP contribution in [0.15, 0.2) is 23.1 Å². The molecule has 1 atom stereocenters. The SMILES string of the molecule is COS(=O)(=O)c1ccc(C)cc1C1CCN(C)C1. The first kappa shape index (κ1) is 13.5. The van der Waals surface area contributed by atoms with E-state index in [1.54, 1.807) is 6.07 Å². The van der Waals surface area contributed by atoms with Gasteiger partial charge in [-0.15, -0.1) is 0 Å². The maximum absolute atomic E-state index is 11.9. The molecule has 0 spiro atoms. The highest BCUT2D eigenvalue weighted by Gasteiger charge is 2.27. The Morgan fingerprint density at radius 3 is 2.67 bits per heavy atom. The molecule has 0 amide bonds. The Hall–Kier alpha value is -0.910. The summed E-state index contributed by atoms with van der Waals surface area (Å²) >= 11 is 0. The van der Waals surface area contributed by atoms with E-state index < -0.39 is 10.1 Å². The van der Waals surface area contributed by atoms with Crippen LogP contribution in [-0.2, 0) is 14.3 Å². The van der Waals surface area contributed by atoms with Gasteiger partial charge in [0.1, 0.15) is 0 Å². The Bertz CT molecular complexity index is 539. The zero-order valence-electron chi connectivity index (χ0n) is 11.0. The summed E-state index contributed by atoms with van der Waals surface area (Å²) in [6, 6.07) is 5.44. The molecule has 1 aromatic rings. The number of nitrogens with zero attached hydrogens (tertiary/aromatic N) is 1. The van der Waals surface area contributed by atoms with E-state index >= 15 is 0 Å². The summed E-state index contributed by atoms with van der Waals surface area (Å²) in [7, 11) is -0.355. The lowest BCUT2D eigenvalue weighted by Gasteiger charge is -2.16. The van der Waals surface area contributed by atoms with Crippen LogP contribution in [-0.4, -0.2) is 40.6 Å². The highest BCUT2D eigenvalue weighted by molar-refractivity contribution is 7.86. The van der Waals surface area contributed by atoms with Gasteiger partial charge in [0, 0.05) is 6.54 Å². The van der Waals surface area contributed by atoms with Gasteiger partial charge in [-0.05, 0) is 44.5 Å². The number of aryl methyl sites for hydroxylation is 1. The Kier molecular flexibility index (Phi) is 3.75. The molecule has 4 nitrogen and oxygen atoms in total. The van der Waals surface area contributed by atoms with Gasteiger partial charge in [0.15, 0.2) is 0 Å². The molecule has 2 rings (SSSR count). The summed E-state index contributed by atoms with van der Waals surface area (Å²) in [6.07, 6.45) is 0.992. The van der Waals surface area contributed by atoms with Gasteiger partial charge in [0.25, 0.3) is 10.1 Å². The summed E-state index contributed by atoms with van der Waals surface area (Å²) in [4.78, 5) is 2.53. The maximum Gasteiger partial charge on any atom is 0.296 e. The maximum atomic E-state index is 11.9. The average Bonchev–Trinajstić information content (AvgIpc) is 2.75. The Balaban J connectivity index is 2.48. The monoisotopic (exact) mass is 269 g/mol. The zero-order valence-corrected chi connectivity index (χ0v) is 11.8. The fourth-order valence-electron chi connectivity index (χ4n) is 2.49. The van der Waals surface area contributed by atoms with Crippen molar-refractivity contribution in [2.24, 2.45) is 0 Å². The first-order chi connectivity index (χ1) is 8.44. The van der Waals surface area contributed by atoms with Crippen LogP contribution in [0.5, 0.6) is 0 Å². The molecular weight excluding hydrogens is 250 g/mol. The molecular formula is C13H19NO3S. The molecule has 1 aliphatic rings. The molecule has 1 aromatic carbocycles. The predicted molar refractivity (Wildman–Crippen MR) is 70.2 cm³/mol. The van der Waals surface area contributed by atoms with Gasteiger partial charge in [-0.1, -0.05) is 17.7 Å². The zero-order chi connectivity index (χ0) is 13.3. The van der Waals surface area contributed by atoms with Crippen molar-refractivity contribution < 1.29 is 12.6 Å². The van der Waals surface area contributed by atoms with Crippen LogP contribution in [0.1, 0.15) is 23.5 Å². The minimum atomic E-state index is -3.62. The molecule has 0 radical (unpaired) electrons. The molecule has 18 heavy (non-hydrogen) atoms. The summed E-state index contributed by atoms with van der Waals surface area (Å²) in [5.41, 5.74) is 1.97. The van der Waals surface area contributed by atoms with Gasteiger partial charge in [-0.2, -0.15) is 8.42 Å². The van der Waals surface area contributed by atoms with E-state index in [2.05, 4.69) is 16.1 Å². The lowest BCUT2D eigenvalue weighted by molar-refractivity contribution is 0.395. The lowest BCUT2D eigenvalue weighted by Crippen LogP contribution is -2.15. The van der Waals surface area contributed by atoms with E-state index in [1.165, 1.54) is 7.11 Å². The third kappa shape index (κ3) is 2.58. The van der Waals surface area contributed by atoms with Gasteiger partial charge in [-0.25, -0.2) is 0 Å². The van der Waals surface area contributed by atoms with E-state index in [9.17, 15) is 8.42 Å². The number of benzene rings is 1. The van der Waals surface area contributed by atoms with Crippen molar-refractivity contribution in [1.82, 2.24) is 4.90 Å². The summed E-state index contributed by atoms with van der Waals surface area (Å²) < 4.78 is 28.5. The van der Waals surface area contributed by atoms with Crippen molar-refractivity contribution in [1.29, 1.82) is 0 Å². The summed E-state index contributed by atoms with van der Waals surface area (Å²) in [5.74, 6) is 0.273. The molecule has 100 valence electrons. The molecule has 1 fully saturated rings. The second-order valence-corrected chi connectivity index (χ2v) is 6.59. The van der Waals surface area contributed by atoms with Gasteiger partial charge in [0.2, 0.25) is 0 Å². The molecule has 1 saturated heterocycles. The van der Waals surface area contributed by atoms with Crippen LogP contribution in [0, 0.1) is 6.92 Å². The van der Waals surface area contributed by atoms with E-state index in [-0.39, 0.29) is 5.92 Å². The highest BCUT2D eigenvalue weighted by Crippen LogP contribution is 2.32. The average molecular weight is 269 g/mol. The Morgan fingerprint density at radius 1 is 1.39 bits per heavy atom. The van der Waals surface area contributed by atoms with Crippen LogP contribution in [0.4, 0.5) is 0 Å². The van der Waals surface area contributed by atoms with Crippen LogP contribution in [0.2, 0.25) is 0 Å². The van der Waals surface area contributed by atoms with Gasteiger partial charge in [0.05, 0.1) is 12.0 Å². The van der Waals surface area contributed by atoms with Crippen molar-refractivity contribution in [3.8, 4) is 0 Å². The van der Waals surface area contributed by atoms with Crippen molar-refractivity contribution in [2.75, 3.05) is 27.2 Å². The second-order valence-electron chi connectivity index (χ2n) is 4.91. The largest absolute Gasteiger partial charge is 0.306 e. The molecule has 0 aliphatic carbocycles. The third-order valence-corrected chi connectivity index (χ3v) is 4.83. The molecule has 1 heterocycles. The number of rotatable bonds is 3. The third-order valence-electron chi connectivity index (χ3n) is 3.49. The predicted octanol–water partition coefficient (Wildman–Crippen LogP) is 1.75. The summed E-state index contributed by atoms with van der Waals surface area (Å²) in [5, 5.41) is 0. The quantitative estimate of drug-likeness (QED) is 0.784. The molecule has 1 unspecified atom stereocenters. The fraction of sp³-hybridized carbons (Fsp3) is 0.538. The van der Waals surface area contributed by atoms with Crippen molar-refractivity contribution in [2.45, 2.75) is 24.2 Å². The molecule has 0 aromatic heterocycles. The minimum Gasteiger partial charge on any atom is -0.306 e. The molecule has 1 aliphatic heterocycles. The molecule has 0 N–H and O–H groups in total. The van der Waals surface area contributed by atoms with Crippen molar-refractivity contribution in [3.05, 3.63) is 29.3 Å². The minimum absolute atomic E-state index is 0.273. The second kappa shape index (κ2) is 4.99. The number of hydrogen-bond acceptors (Lipinski definition) is 4. The Morgan fingerprint density at radius 2 is 2.11 bits per heavy atom. The summed E-state index contributed by atoms with van der Waals surface area (Å²) in [6.45, 7) is 3.88. The van der Waals surface area contributed by atoms with Gasteiger partial charge >= 0.3 is 0 Å². The van der Waals surface area contributed by atoms with E-state index in [0.29, 0.717) is 4.90 Å². The molecule has 5 heteroatoms. The number of hydrogen-bond donors (Lipinski definition) is 0. The normalized spacial score (nSPS) is 21.4. The topological polar surface area (TPSA) is 46.6 Å². The number of likely N-dealkylation sites (tertiary alicyclic amines) is 1. The molecule has 0 bridgehead atoms. The molecule has 0 saturated carbocycles.